The van der Waals surface area contributed by atoms with Gasteiger partial charge in [0.25, 0.3) is 0 Å². The minimum Gasteiger partial charge on any atom is -0.507 e. The Hall–Kier alpha value is -3.82. The molecule has 28 heavy (non-hydrogen) atoms. The van der Waals surface area contributed by atoms with Gasteiger partial charge in [0.15, 0.2) is 0 Å². The molecule has 0 saturated heterocycles. The van der Waals surface area contributed by atoms with E-state index >= 15 is 0 Å². The van der Waals surface area contributed by atoms with E-state index in [2.05, 4.69) is 20.6 Å². The first-order chi connectivity index (χ1) is 13.5. The van der Waals surface area contributed by atoms with Crippen LogP contribution in [-0.2, 0) is 11.3 Å². The molecule has 3 rings (SSSR count). The number of ketones is 1. The van der Waals surface area contributed by atoms with E-state index in [1.54, 1.807) is 19.1 Å². The number of carbonyl (C=O) groups is 2. The molecule has 0 bridgehead atoms. The third-order valence-electron chi connectivity index (χ3n) is 3.75. The largest absolute Gasteiger partial charge is 0.507 e. The van der Waals surface area contributed by atoms with Crippen LogP contribution in [0.5, 0.6) is 0 Å². The smallest absolute Gasteiger partial charge is 0.354 e. The Morgan fingerprint density at radius 1 is 1.36 bits per heavy atom. The van der Waals surface area contributed by atoms with Crippen LogP contribution >= 0.6 is 0 Å². The number of allylic oxidation sites excluding steroid dienone is 1. The molecule has 10 heteroatoms. The molecular formula is C18H16FN5O4. The summed E-state index contributed by atoms with van der Waals surface area (Å²) in [5.41, 5.74) is 0.961. The molecule has 9 nitrogen and oxygen atoms in total. The molecule has 2 N–H and O–H groups in total. The van der Waals surface area contributed by atoms with Crippen molar-refractivity contribution in [1.29, 1.82) is 0 Å². The Labute approximate surface area is 158 Å². The van der Waals surface area contributed by atoms with Gasteiger partial charge < -0.3 is 14.4 Å². The lowest BCUT2D eigenvalue weighted by Crippen LogP contribution is -2.12. The second-order valence-corrected chi connectivity index (χ2v) is 5.72. The summed E-state index contributed by atoms with van der Waals surface area (Å²) in [6.07, 6.45) is 2.38. The van der Waals surface area contributed by atoms with Crippen molar-refractivity contribution in [3.05, 3.63) is 71.1 Å². The second-order valence-electron chi connectivity index (χ2n) is 5.72. The zero-order valence-electron chi connectivity index (χ0n) is 14.8. The number of hydrogen-bond donors (Lipinski definition) is 2. The molecule has 0 radical (unpaired) electrons. The number of aliphatic hydroxyl groups is 1. The van der Waals surface area contributed by atoms with Crippen molar-refractivity contribution >= 4 is 17.5 Å². The molecule has 0 atom stereocenters. The maximum Gasteiger partial charge on any atom is 0.354 e. The van der Waals surface area contributed by atoms with Gasteiger partial charge in [-0.15, -0.1) is 10.2 Å². The van der Waals surface area contributed by atoms with E-state index in [9.17, 15) is 19.1 Å². The Morgan fingerprint density at radius 2 is 2.18 bits per heavy atom. The molecule has 0 aliphatic rings. The number of esters is 1. The highest BCUT2D eigenvalue weighted by molar-refractivity contribution is 6.05. The number of H-pyrrole nitrogens is 1. The SMILES string of the molecule is CCOC(=O)c1cc(C(O)=CC(=O)c2nn[nH]n2)cn1Cc1cccc(F)c1. The Kier molecular flexibility index (Phi) is 5.58. The second kappa shape index (κ2) is 8.25. The van der Waals surface area contributed by atoms with Gasteiger partial charge in [0.2, 0.25) is 11.6 Å². The average molecular weight is 385 g/mol. The molecule has 0 fully saturated rings. The third kappa shape index (κ3) is 4.29. The fraction of sp³-hybridized carbons (Fsp3) is 0.167. The molecule has 2 aromatic heterocycles. The van der Waals surface area contributed by atoms with Gasteiger partial charge in [0.1, 0.15) is 17.3 Å². The highest BCUT2D eigenvalue weighted by Crippen LogP contribution is 2.19. The zero-order valence-corrected chi connectivity index (χ0v) is 14.8. The highest BCUT2D eigenvalue weighted by atomic mass is 19.1. The van der Waals surface area contributed by atoms with E-state index in [0.29, 0.717) is 5.56 Å². The van der Waals surface area contributed by atoms with Gasteiger partial charge in [-0.2, -0.15) is 5.21 Å². The van der Waals surface area contributed by atoms with Crippen LogP contribution in [0.3, 0.4) is 0 Å². The number of rotatable bonds is 7. The van der Waals surface area contributed by atoms with Crippen molar-refractivity contribution < 1.29 is 23.8 Å². The monoisotopic (exact) mass is 385 g/mol. The zero-order chi connectivity index (χ0) is 20.1. The molecule has 144 valence electrons. The summed E-state index contributed by atoms with van der Waals surface area (Å²) in [5, 5.41) is 22.8. The standard InChI is InChI=1S/C18H16FN5O4/c1-2-28-18(27)14-7-12(15(25)8-16(26)17-20-22-23-21-17)10-24(14)9-11-4-3-5-13(19)6-11/h3-8,10,25H,2,9H2,1H3,(H,20,21,22,23). The van der Waals surface area contributed by atoms with Gasteiger partial charge >= 0.3 is 5.97 Å². The topological polar surface area (TPSA) is 123 Å². The predicted molar refractivity (Wildman–Crippen MR) is 95.0 cm³/mol. The van der Waals surface area contributed by atoms with Crippen molar-refractivity contribution in [2.75, 3.05) is 6.61 Å². The Bertz CT molecular complexity index is 1030. The molecule has 0 unspecified atom stereocenters. The number of hydrogen-bond acceptors (Lipinski definition) is 7. The lowest BCUT2D eigenvalue weighted by molar-refractivity contribution is 0.0514. The average Bonchev–Trinajstić information content (AvgIpc) is 3.32. The Morgan fingerprint density at radius 3 is 2.86 bits per heavy atom. The van der Waals surface area contributed by atoms with Gasteiger partial charge in [0.05, 0.1) is 6.61 Å². The van der Waals surface area contributed by atoms with Gasteiger partial charge in [-0.05, 0) is 35.9 Å². The third-order valence-corrected chi connectivity index (χ3v) is 3.75. The lowest BCUT2D eigenvalue weighted by atomic mass is 10.2. The van der Waals surface area contributed by atoms with Crippen LogP contribution in [0.2, 0.25) is 0 Å². The minimum absolute atomic E-state index is 0.146. The first-order valence-corrected chi connectivity index (χ1v) is 8.28. The minimum atomic E-state index is -0.665. The summed E-state index contributed by atoms with van der Waals surface area (Å²) in [5.74, 6) is -2.28. The normalized spacial score (nSPS) is 11.4. The summed E-state index contributed by atoms with van der Waals surface area (Å²) >= 11 is 0. The van der Waals surface area contributed by atoms with Crippen molar-refractivity contribution in [3.63, 3.8) is 0 Å². The van der Waals surface area contributed by atoms with Crippen LogP contribution in [0.4, 0.5) is 4.39 Å². The Balaban J connectivity index is 1.94. The molecule has 1 aromatic carbocycles. The fourth-order valence-electron chi connectivity index (χ4n) is 2.53. The summed E-state index contributed by atoms with van der Waals surface area (Å²) in [6.45, 7) is 2.00. The summed E-state index contributed by atoms with van der Waals surface area (Å²) in [7, 11) is 0. The van der Waals surface area contributed by atoms with Gasteiger partial charge in [-0.25, -0.2) is 9.18 Å². The van der Waals surface area contributed by atoms with E-state index in [1.807, 2.05) is 0 Å². The number of aromatic amines is 1. The molecule has 0 spiro atoms. The molecule has 0 amide bonds. The van der Waals surface area contributed by atoms with E-state index in [4.69, 9.17) is 4.74 Å². The first kappa shape index (κ1) is 19.0. The number of ether oxygens (including phenoxy) is 1. The quantitative estimate of drug-likeness (QED) is 0.276. The highest BCUT2D eigenvalue weighted by Gasteiger charge is 2.18. The number of aliphatic hydroxyl groups excluding tert-OH is 1. The summed E-state index contributed by atoms with van der Waals surface area (Å²) < 4.78 is 20.0. The van der Waals surface area contributed by atoms with Crippen molar-refractivity contribution in [2.45, 2.75) is 13.5 Å². The predicted octanol–water partition coefficient (Wildman–Crippen LogP) is 2.15. The number of nitrogens with zero attached hydrogens (tertiary/aromatic N) is 4. The van der Waals surface area contributed by atoms with Crippen LogP contribution in [-0.4, -0.2) is 48.7 Å². The molecule has 3 aromatic rings. The van der Waals surface area contributed by atoms with E-state index in [-0.39, 0.29) is 30.2 Å². The van der Waals surface area contributed by atoms with Crippen LogP contribution in [0.15, 0.2) is 42.6 Å². The van der Waals surface area contributed by atoms with Crippen molar-refractivity contribution in [1.82, 2.24) is 25.2 Å². The number of nitrogens with one attached hydrogen (secondary N) is 1. The number of carbonyl (C=O) groups excluding carboxylic acids is 2. The van der Waals surface area contributed by atoms with Crippen molar-refractivity contribution in [2.24, 2.45) is 0 Å². The van der Waals surface area contributed by atoms with Gasteiger partial charge in [-0.1, -0.05) is 12.1 Å². The molecule has 0 saturated carbocycles. The van der Waals surface area contributed by atoms with Crippen LogP contribution in [0.1, 0.15) is 39.2 Å². The van der Waals surface area contributed by atoms with Crippen molar-refractivity contribution in [3.8, 4) is 0 Å². The molecule has 2 heterocycles. The van der Waals surface area contributed by atoms with Crippen LogP contribution < -0.4 is 0 Å². The molecular weight excluding hydrogens is 369 g/mol. The molecule has 0 aliphatic heterocycles. The molecule has 0 aliphatic carbocycles. The maximum atomic E-state index is 13.5. The summed E-state index contributed by atoms with van der Waals surface area (Å²) in [6, 6.07) is 7.29. The van der Waals surface area contributed by atoms with Crippen LogP contribution in [0.25, 0.3) is 5.76 Å². The van der Waals surface area contributed by atoms with Gasteiger partial charge in [0, 0.05) is 24.4 Å². The maximum absolute atomic E-state index is 13.5. The van der Waals surface area contributed by atoms with E-state index in [1.165, 1.54) is 29.0 Å². The number of benzene rings is 1. The van der Waals surface area contributed by atoms with Crippen LogP contribution in [0, 0.1) is 5.82 Å². The van der Waals surface area contributed by atoms with Gasteiger partial charge in [-0.3, -0.25) is 4.79 Å². The number of tetrazole rings is 1. The first-order valence-electron chi connectivity index (χ1n) is 8.28. The lowest BCUT2D eigenvalue weighted by Gasteiger charge is -2.08. The summed E-state index contributed by atoms with van der Waals surface area (Å²) in [4.78, 5) is 24.2. The van der Waals surface area contributed by atoms with E-state index < -0.39 is 23.3 Å². The number of halogens is 1. The number of aromatic nitrogens is 5. The fourth-order valence-corrected chi connectivity index (χ4v) is 2.53. The van der Waals surface area contributed by atoms with E-state index in [0.717, 1.165) is 6.08 Å².